The number of amides is 4. The first-order valence-electron chi connectivity index (χ1n) is 8.66. The fraction of sp³-hybridized carbons (Fsp3) is 0.588. The Hall–Kier alpha value is -1.06. The summed E-state index contributed by atoms with van der Waals surface area (Å²) in [5.41, 5.74) is 1.75. The molecule has 0 spiro atoms. The Morgan fingerprint density at radius 3 is 2.78 bits per heavy atom. The molecule has 2 saturated heterocycles. The Morgan fingerprint density at radius 2 is 2.26 bits per heavy atom. The molecule has 2 unspecified atom stereocenters. The van der Waals surface area contributed by atoms with Crippen LogP contribution >= 0.6 is 11.3 Å². The number of hydrogen-bond donors (Lipinski definition) is 2. The number of likely N-dealkylation sites (tertiary alicyclic amines) is 1. The summed E-state index contributed by atoms with van der Waals surface area (Å²) < 4.78 is 0. The molecule has 1 aromatic rings. The molecule has 2 N–H and O–H groups in total. The van der Waals surface area contributed by atoms with E-state index in [4.69, 9.17) is 0 Å². The van der Waals surface area contributed by atoms with E-state index in [2.05, 4.69) is 15.6 Å². The molecular weight excluding hydrogens is 443 g/mol. The van der Waals surface area contributed by atoms with Crippen LogP contribution in [0.4, 0.5) is 4.79 Å². The first-order chi connectivity index (χ1) is 12.3. The summed E-state index contributed by atoms with van der Waals surface area (Å²) in [6.07, 6.45) is 2.12. The molecule has 2 fully saturated rings. The van der Waals surface area contributed by atoms with Crippen LogP contribution < -0.4 is 10.6 Å². The van der Waals surface area contributed by atoms with Gasteiger partial charge in [0.25, 0.3) is 0 Å². The minimum atomic E-state index is -0.718. The first kappa shape index (κ1) is 22.2. The van der Waals surface area contributed by atoms with Crippen molar-refractivity contribution in [2.24, 2.45) is 0 Å². The Morgan fingerprint density at radius 1 is 1.52 bits per heavy atom. The molecule has 0 bridgehead atoms. The van der Waals surface area contributed by atoms with Crippen LogP contribution in [0, 0.1) is 6.54 Å². The quantitative estimate of drug-likeness (QED) is 0.626. The van der Waals surface area contributed by atoms with Crippen molar-refractivity contribution >= 4 is 29.2 Å². The van der Waals surface area contributed by atoms with Crippen LogP contribution in [0.15, 0.2) is 10.9 Å². The van der Waals surface area contributed by atoms with Gasteiger partial charge in [0, 0.05) is 18.8 Å². The van der Waals surface area contributed by atoms with E-state index in [1.807, 2.05) is 11.9 Å². The third-order valence-corrected chi connectivity index (χ3v) is 5.45. The number of nitrogens with one attached hydrogen (secondary N) is 2. The van der Waals surface area contributed by atoms with Gasteiger partial charge >= 0.3 is 38.7 Å². The third kappa shape index (κ3) is 4.87. The van der Waals surface area contributed by atoms with Gasteiger partial charge in [0.1, 0.15) is 12.1 Å². The number of thiazole rings is 1. The van der Waals surface area contributed by atoms with Gasteiger partial charge in [0.2, 0.25) is 11.8 Å². The van der Waals surface area contributed by atoms with Crippen molar-refractivity contribution in [1.29, 1.82) is 0 Å². The van der Waals surface area contributed by atoms with Gasteiger partial charge in [0.15, 0.2) is 0 Å². The molecule has 3 rings (SSSR count). The fourth-order valence-electron chi connectivity index (χ4n) is 3.54. The number of nitrogens with zero attached hydrogens (tertiary/aromatic N) is 3. The predicted octanol–water partition coefficient (Wildman–Crippen LogP) is 0.754. The predicted molar refractivity (Wildman–Crippen MR) is 97.2 cm³/mol. The average molecular weight is 467 g/mol. The summed E-state index contributed by atoms with van der Waals surface area (Å²) >= 11 is 1.45. The van der Waals surface area contributed by atoms with Gasteiger partial charge in [-0.3, -0.25) is 9.59 Å². The van der Waals surface area contributed by atoms with Crippen molar-refractivity contribution in [2.75, 3.05) is 13.6 Å². The average Bonchev–Trinajstić information content (AvgIpc) is 3.29. The van der Waals surface area contributed by atoms with Crippen LogP contribution in [0.5, 0.6) is 0 Å². The van der Waals surface area contributed by atoms with E-state index in [1.54, 1.807) is 31.3 Å². The summed E-state index contributed by atoms with van der Waals surface area (Å²) in [5.74, 6) is -0.481. The van der Waals surface area contributed by atoms with E-state index in [-0.39, 0.29) is 50.6 Å². The van der Waals surface area contributed by atoms with Crippen molar-refractivity contribution in [2.45, 2.75) is 50.7 Å². The topological polar surface area (TPSA) is 94.6 Å². The molecule has 1 aromatic heterocycles. The van der Waals surface area contributed by atoms with E-state index in [0.29, 0.717) is 13.0 Å². The molecular formula is C17H24N5O3SY+2. The zero-order valence-electron chi connectivity index (χ0n) is 15.8. The number of aromatic nitrogens is 1. The van der Waals surface area contributed by atoms with Gasteiger partial charge in [-0.2, -0.15) is 6.42 Å². The molecule has 27 heavy (non-hydrogen) atoms. The summed E-state index contributed by atoms with van der Waals surface area (Å²) in [7, 11) is 1.58. The fourth-order valence-corrected chi connectivity index (χ4v) is 4.11. The first-order valence-corrected chi connectivity index (χ1v) is 9.60. The number of carbonyl (C=O) groups is 3. The van der Waals surface area contributed by atoms with Gasteiger partial charge < -0.3 is 20.4 Å². The van der Waals surface area contributed by atoms with E-state index < -0.39 is 17.6 Å². The molecule has 10 heteroatoms. The van der Waals surface area contributed by atoms with E-state index in [1.165, 1.54) is 16.2 Å². The van der Waals surface area contributed by atoms with Gasteiger partial charge in [0.05, 0.1) is 16.7 Å². The second-order valence-corrected chi connectivity index (χ2v) is 7.99. The van der Waals surface area contributed by atoms with Crippen molar-refractivity contribution < 1.29 is 47.1 Å². The summed E-state index contributed by atoms with van der Waals surface area (Å²) in [6.45, 7) is 6.13. The minimum Gasteiger partial charge on any atom is -0.491 e. The van der Waals surface area contributed by atoms with Crippen LogP contribution in [0.25, 0.3) is 0 Å². The Balaban J connectivity index is 0.00000261. The van der Waals surface area contributed by atoms with Crippen LogP contribution in [0.3, 0.4) is 0 Å². The van der Waals surface area contributed by atoms with Crippen LogP contribution in [-0.4, -0.2) is 63.8 Å². The van der Waals surface area contributed by atoms with Gasteiger partial charge in [-0.25, -0.2) is 16.3 Å². The molecule has 4 amide bonds. The Kier molecular flexibility index (Phi) is 7.38. The normalized spacial score (nSPS) is 22.2. The Labute approximate surface area is 188 Å². The van der Waals surface area contributed by atoms with Crippen LogP contribution in [-0.2, 0) is 48.7 Å². The molecule has 8 nitrogen and oxygen atoms in total. The SMILES string of the molecule is CN1C(=O)NC(C)(C)C1C(=O)NC(Cc1cscn1)C(=O)N1[CH-]CCC1.[Y+3]. The Bertz CT molecular complexity index is 691. The molecule has 2 aliphatic rings. The zero-order valence-corrected chi connectivity index (χ0v) is 19.4. The van der Waals surface area contributed by atoms with Crippen molar-refractivity contribution in [3.63, 3.8) is 0 Å². The van der Waals surface area contributed by atoms with Crippen molar-refractivity contribution in [3.05, 3.63) is 23.1 Å². The number of hydrogen-bond acceptors (Lipinski definition) is 5. The molecule has 0 aliphatic carbocycles. The number of carbonyl (C=O) groups excluding carboxylic acids is 3. The number of likely N-dealkylation sites (N-methyl/N-ethyl adjacent to an activating group) is 1. The smallest absolute Gasteiger partial charge is 0.491 e. The van der Waals surface area contributed by atoms with Crippen molar-refractivity contribution in [3.8, 4) is 0 Å². The van der Waals surface area contributed by atoms with Gasteiger partial charge in [-0.05, 0) is 20.4 Å². The molecule has 142 valence electrons. The maximum absolute atomic E-state index is 12.9. The third-order valence-electron chi connectivity index (χ3n) is 4.82. The number of urea groups is 1. The summed E-state index contributed by atoms with van der Waals surface area (Å²) in [6, 6.07) is -1.70. The second kappa shape index (κ2) is 8.96. The van der Waals surface area contributed by atoms with Gasteiger partial charge in [-0.1, -0.05) is 6.42 Å². The molecule has 0 radical (unpaired) electrons. The van der Waals surface area contributed by atoms with E-state index >= 15 is 0 Å². The molecule has 3 heterocycles. The minimum absolute atomic E-state index is 0. The molecule has 2 aliphatic heterocycles. The maximum Gasteiger partial charge on any atom is 3.00 e. The van der Waals surface area contributed by atoms with E-state index in [0.717, 1.165) is 18.5 Å². The van der Waals surface area contributed by atoms with E-state index in [9.17, 15) is 14.4 Å². The van der Waals surface area contributed by atoms with Crippen LogP contribution in [0.2, 0.25) is 0 Å². The van der Waals surface area contributed by atoms with Gasteiger partial charge in [-0.15, -0.1) is 11.3 Å². The monoisotopic (exact) mass is 467 g/mol. The zero-order chi connectivity index (χ0) is 18.9. The standard InChI is InChI=1S/C17H24N5O3S.Y/c1-17(2)13(21(3)16(25)20-17)14(23)19-12(8-11-9-26-10-18-11)15(24)22-6-4-5-7-22;/h6,9-10,12-13H,4-5,7-8H2,1-3H3,(H,19,23)(H,20,25);/q-1;+3. The van der Waals surface area contributed by atoms with Crippen LogP contribution in [0.1, 0.15) is 32.4 Å². The van der Waals surface area contributed by atoms with Crippen molar-refractivity contribution in [1.82, 2.24) is 25.4 Å². The second-order valence-electron chi connectivity index (χ2n) is 7.27. The number of rotatable bonds is 5. The summed E-state index contributed by atoms with van der Waals surface area (Å²) in [5, 5.41) is 7.52. The molecule has 0 aromatic carbocycles. The largest absolute Gasteiger partial charge is 3.00 e. The molecule has 2 atom stereocenters. The molecule has 0 saturated carbocycles. The summed E-state index contributed by atoms with van der Waals surface area (Å²) in [4.78, 5) is 45.0. The maximum atomic E-state index is 12.9.